The fourth-order valence-corrected chi connectivity index (χ4v) is 4.84. The predicted octanol–water partition coefficient (Wildman–Crippen LogP) is 4.53. The summed E-state index contributed by atoms with van der Waals surface area (Å²) in [4.78, 5) is 24.9. The van der Waals surface area contributed by atoms with Gasteiger partial charge in [0, 0.05) is 23.5 Å². The average Bonchev–Trinajstić information content (AvgIpc) is 2.92. The minimum Gasteiger partial charge on any atom is -0.391 e. The Morgan fingerprint density at radius 3 is 2.41 bits per heavy atom. The van der Waals surface area contributed by atoms with Gasteiger partial charge in [-0.25, -0.2) is 5.48 Å². The van der Waals surface area contributed by atoms with Gasteiger partial charge in [0.15, 0.2) is 0 Å². The number of halogens is 1. The molecule has 1 aliphatic carbocycles. The lowest BCUT2D eigenvalue weighted by Gasteiger charge is -2.32. The van der Waals surface area contributed by atoms with Crippen LogP contribution in [0.3, 0.4) is 0 Å². The quantitative estimate of drug-likeness (QED) is 0.251. The standard InChI is InChI=1S/C24H30ClN3O4.C7H8/c1-15(9-20(29)14-26-23(30)11-16-5-4-7-18(25)10-16)24(31)27-22-13-19(28-32)12-17-6-2-3-8-21(17)22;1-7-5-3-2-4-6-7/h2-8,10,15,19-20,22,28-29,32H,9,11-14H2,1H3,(H,26,30)(H,27,31);2-6H,1H3. The van der Waals surface area contributed by atoms with E-state index in [9.17, 15) is 19.9 Å². The van der Waals surface area contributed by atoms with E-state index < -0.39 is 12.0 Å². The van der Waals surface area contributed by atoms with Gasteiger partial charge < -0.3 is 20.9 Å². The topological polar surface area (TPSA) is 111 Å². The van der Waals surface area contributed by atoms with Gasteiger partial charge >= 0.3 is 0 Å². The van der Waals surface area contributed by atoms with Crippen molar-refractivity contribution in [2.24, 2.45) is 5.92 Å². The highest BCUT2D eigenvalue weighted by Gasteiger charge is 2.29. The van der Waals surface area contributed by atoms with E-state index in [1.807, 2.05) is 48.5 Å². The highest BCUT2D eigenvalue weighted by atomic mass is 35.5. The van der Waals surface area contributed by atoms with Crippen molar-refractivity contribution >= 4 is 23.4 Å². The van der Waals surface area contributed by atoms with Crippen LogP contribution in [-0.4, -0.2) is 40.8 Å². The predicted molar refractivity (Wildman–Crippen MR) is 153 cm³/mol. The summed E-state index contributed by atoms with van der Waals surface area (Å²) in [5, 5.41) is 26.0. The third kappa shape index (κ3) is 10.1. The number of aliphatic hydroxyl groups excluding tert-OH is 1. The third-order valence-corrected chi connectivity index (χ3v) is 6.95. The largest absolute Gasteiger partial charge is 0.391 e. The zero-order valence-corrected chi connectivity index (χ0v) is 23.2. The SMILES string of the molecule is CC(CC(O)CNC(=O)Cc1cccc(Cl)c1)C(=O)NC1CC(NO)Cc2ccccc21.Cc1ccccc1. The first-order chi connectivity index (χ1) is 18.7. The van der Waals surface area contributed by atoms with Crippen molar-refractivity contribution in [1.82, 2.24) is 16.1 Å². The van der Waals surface area contributed by atoms with Crippen LogP contribution in [0.2, 0.25) is 5.02 Å². The van der Waals surface area contributed by atoms with Crippen molar-refractivity contribution in [3.63, 3.8) is 0 Å². The van der Waals surface area contributed by atoms with Crippen molar-refractivity contribution in [2.45, 2.75) is 57.7 Å². The molecule has 0 aliphatic heterocycles. The molecule has 4 rings (SSSR count). The summed E-state index contributed by atoms with van der Waals surface area (Å²) in [6, 6.07) is 24.8. The fraction of sp³-hybridized carbons (Fsp3) is 0.355. The second kappa shape index (κ2) is 15.4. The van der Waals surface area contributed by atoms with Crippen LogP contribution in [0, 0.1) is 12.8 Å². The lowest BCUT2D eigenvalue weighted by atomic mass is 9.84. The maximum Gasteiger partial charge on any atom is 0.224 e. The molecule has 0 saturated heterocycles. The number of aryl methyl sites for hydroxylation is 1. The van der Waals surface area contributed by atoms with Gasteiger partial charge in [-0.1, -0.05) is 90.8 Å². The molecule has 7 nitrogen and oxygen atoms in total. The number of nitrogens with one attached hydrogen (secondary N) is 3. The van der Waals surface area contributed by atoms with Crippen molar-refractivity contribution < 1.29 is 19.9 Å². The molecule has 1 aliphatic rings. The first-order valence-electron chi connectivity index (χ1n) is 13.2. The van der Waals surface area contributed by atoms with Gasteiger partial charge in [0.2, 0.25) is 11.8 Å². The molecular weight excluding hydrogens is 514 g/mol. The summed E-state index contributed by atoms with van der Waals surface area (Å²) in [5.41, 5.74) is 6.57. The number of carbonyl (C=O) groups is 2. The Balaban J connectivity index is 0.000000520. The molecule has 4 atom stereocenters. The van der Waals surface area contributed by atoms with Gasteiger partial charge in [-0.3, -0.25) is 9.59 Å². The van der Waals surface area contributed by atoms with Gasteiger partial charge in [0.05, 0.1) is 18.6 Å². The van der Waals surface area contributed by atoms with Crippen molar-refractivity contribution in [3.05, 3.63) is 106 Å². The fourth-order valence-electron chi connectivity index (χ4n) is 4.63. The molecular formula is C31H38ClN3O4. The zero-order valence-electron chi connectivity index (χ0n) is 22.4. The Labute approximate surface area is 235 Å². The minimum absolute atomic E-state index is 0.0692. The second-order valence-corrected chi connectivity index (χ2v) is 10.5. The molecule has 5 N–H and O–H groups in total. The van der Waals surface area contributed by atoms with Crippen molar-refractivity contribution in [3.8, 4) is 0 Å². The summed E-state index contributed by atoms with van der Waals surface area (Å²) in [6.07, 6.45) is 0.824. The van der Waals surface area contributed by atoms with Gasteiger partial charge in [0.25, 0.3) is 0 Å². The number of aliphatic hydroxyl groups is 1. The molecule has 0 radical (unpaired) electrons. The van der Waals surface area contributed by atoms with Crippen LogP contribution in [0.1, 0.15) is 48.1 Å². The number of amides is 2. The molecule has 8 heteroatoms. The maximum absolute atomic E-state index is 12.8. The van der Waals surface area contributed by atoms with Crippen LogP contribution in [0.5, 0.6) is 0 Å². The van der Waals surface area contributed by atoms with Crippen molar-refractivity contribution in [1.29, 1.82) is 0 Å². The van der Waals surface area contributed by atoms with E-state index in [0.29, 0.717) is 17.9 Å². The Morgan fingerprint density at radius 2 is 1.74 bits per heavy atom. The van der Waals surface area contributed by atoms with Crippen LogP contribution in [0.15, 0.2) is 78.9 Å². The van der Waals surface area contributed by atoms with E-state index in [0.717, 1.165) is 16.7 Å². The smallest absolute Gasteiger partial charge is 0.224 e. The number of rotatable bonds is 9. The van der Waals surface area contributed by atoms with E-state index in [1.165, 1.54) is 5.56 Å². The number of hydroxylamine groups is 1. The Bertz CT molecular complexity index is 1210. The first kappa shape index (κ1) is 30.3. The Hall–Kier alpha value is -3.23. The molecule has 2 amide bonds. The van der Waals surface area contributed by atoms with Gasteiger partial charge in [-0.2, -0.15) is 0 Å². The van der Waals surface area contributed by atoms with Crippen molar-refractivity contribution in [2.75, 3.05) is 6.54 Å². The minimum atomic E-state index is -0.843. The molecule has 3 aromatic rings. The van der Waals surface area contributed by atoms with Crippen LogP contribution in [0.25, 0.3) is 0 Å². The number of hydrogen-bond acceptors (Lipinski definition) is 5. The highest BCUT2D eigenvalue weighted by molar-refractivity contribution is 6.30. The lowest BCUT2D eigenvalue weighted by molar-refractivity contribution is -0.126. The number of benzene rings is 3. The second-order valence-electron chi connectivity index (χ2n) is 10.1. The molecule has 0 aromatic heterocycles. The first-order valence-corrected chi connectivity index (χ1v) is 13.6. The molecule has 0 bridgehead atoms. The van der Waals surface area contributed by atoms with Crippen LogP contribution < -0.4 is 16.1 Å². The number of fused-ring (bicyclic) bond motifs is 1. The van der Waals surface area contributed by atoms with Crippen LogP contribution in [-0.2, 0) is 22.4 Å². The molecule has 0 spiro atoms. The molecule has 0 fully saturated rings. The highest BCUT2D eigenvalue weighted by Crippen LogP contribution is 2.30. The maximum atomic E-state index is 12.8. The van der Waals surface area contributed by atoms with Crippen LogP contribution >= 0.6 is 11.6 Å². The molecule has 4 unspecified atom stereocenters. The molecule has 3 aromatic carbocycles. The van der Waals surface area contributed by atoms with Gasteiger partial charge in [0.1, 0.15) is 0 Å². The average molecular weight is 552 g/mol. The van der Waals surface area contributed by atoms with E-state index in [1.54, 1.807) is 25.1 Å². The Morgan fingerprint density at radius 1 is 1.03 bits per heavy atom. The third-order valence-electron chi connectivity index (χ3n) is 6.72. The summed E-state index contributed by atoms with van der Waals surface area (Å²) >= 11 is 5.93. The van der Waals surface area contributed by atoms with E-state index in [2.05, 4.69) is 35.2 Å². The van der Waals surface area contributed by atoms with E-state index in [-0.39, 0.29) is 43.3 Å². The van der Waals surface area contributed by atoms with Gasteiger partial charge in [-0.15, -0.1) is 0 Å². The summed E-state index contributed by atoms with van der Waals surface area (Å²) < 4.78 is 0. The van der Waals surface area contributed by atoms with Gasteiger partial charge in [-0.05, 0) is 55.0 Å². The van der Waals surface area contributed by atoms with E-state index in [4.69, 9.17) is 11.6 Å². The Kier molecular flexibility index (Phi) is 12.0. The lowest BCUT2D eigenvalue weighted by Crippen LogP contribution is -2.42. The number of carbonyl (C=O) groups excluding carboxylic acids is 2. The van der Waals surface area contributed by atoms with Crippen LogP contribution in [0.4, 0.5) is 0 Å². The normalized spacial score (nSPS) is 17.6. The molecule has 0 heterocycles. The summed E-state index contributed by atoms with van der Waals surface area (Å²) in [5.74, 6) is -0.832. The molecule has 208 valence electrons. The number of hydrogen-bond donors (Lipinski definition) is 5. The monoisotopic (exact) mass is 551 g/mol. The molecule has 39 heavy (non-hydrogen) atoms. The summed E-state index contributed by atoms with van der Waals surface area (Å²) in [7, 11) is 0. The summed E-state index contributed by atoms with van der Waals surface area (Å²) in [6.45, 7) is 3.91. The zero-order chi connectivity index (χ0) is 28.2. The van der Waals surface area contributed by atoms with E-state index >= 15 is 0 Å². The molecule has 0 saturated carbocycles.